The van der Waals surface area contributed by atoms with Crippen molar-refractivity contribution < 1.29 is 0 Å². The topological polar surface area (TPSA) is 37.8 Å². The van der Waals surface area contributed by atoms with E-state index in [1.165, 1.54) is 5.57 Å². The minimum Gasteiger partial charge on any atom is -0.361 e. The number of nitrogens with one attached hydrogen (secondary N) is 1. The molecule has 0 spiro atoms. The summed E-state index contributed by atoms with van der Waals surface area (Å²) in [5.41, 5.74) is 8.29. The first-order valence-corrected chi connectivity index (χ1v) is 14.6. The van der Waals surface area contributed by atoms with Gasteiger partial charge in [-0.05, 0) is 52.1 Å². The third-order valence-electron chi connectivity index (χ3n) is 7.63. The fraction of sp³-hybridized carbons (Fsp3) is 0.128. The maximum absolute atomic E-state index is 5.24. The van der Waals surface area contributed by atoms with Gasteiger partial charge in [-0.3, -0.25) is 4.98 Å². The number of para-hydroxylation sites is 1. The van der Waals surface area contributed by atoms with E-state index >= 15 is 0 Å². The molecular formula is C39H37N3. The average molecular weight is 548 g/mol. The highest BCUT2D eigenvalue weighted by molar-refractivity contribution is 5.94. The summed E-state index contributed by atoms with van der Waals surface area (Å²) < 4.78 is 0. The van der Waals surface area contributed by atoms with Crippen molar-refractivity contribution in [2.24, 2.45) is 11.8 Å². The second-order valence-electron chi connectivity index (χ2n) is 10.1. The summed E-state index contributed by atoms with van der Waals surface area (Å²) >= 11 is 0. The molecule has 2 aliphatic rings. The Kier molecular flexibility index (Phi) is 8.89. The monoisotopic (exact) mass is 547 g/mol. The zero-order valence-electron chi connectivity index (χ0n) is 24.6. The summed E-state index contributed by atoms with van der Waals surface area (Å²) in [4.78, 5) is 9.96. The molecule has 1 N–H and O–H groups in total. The van der Waals surface area contributed by atoms with Gasteiger partial charge >= 0.3 is 0 Å². The Balaban J connectivity index is 0.00000173. The van der Waals surface area contributed by atoms with Crippen molar-refractivity contribution >= 4 is 34.3 Å². The molecule has 2 unspecified atom stereocenters. The lowest BCUT2D eigenvalue weighted by Gasteiger charge is -2.25. The molecule has 42 heavy (non-hydrogen) atoms. The summed E-state index contributed by atoms with van der Waals surface area (Å²) in [6, 6.07) is 22.9. The SMILES string of the molecule is C=C/C=C\C1C=CC=C(c2cc(C3=CN/C(=c4/ccccc4=C)C=C3)cc(-c3cccc4cccnc34)n2)C1C.CC. The number of rotatable bonds is 5. The molecule has 2 aromatic heterocycles. The van der Waals surface area contributed by atoms with Crippen LogP contribution in [0, 0.1) is 11.8 Å². The van der Waals surface area contributed by atoms with E-state index in [4.69, 9.17) is 9.97 Å². The Morgan fingerprint density at radius 2 is 1.74 bits per heavy atom. The Hall–Kier alpha value is -5.02. The summed E-state index contributed by atoms with van der Waals surface area (Å²) in [5, 5.41) is 6.69. The molecule has 1 aliphatic carbocycles. The Morgan fingerprint density at radius 3 is 2.52 bits per heavy atom. The highest BCUT2D eigenvalue weighted by Crippen LogP contribution is 2.37. The Labute approximate surface area is 249 Å². The van der Waals surface area contributed by atoms with Gasteiger partial charge in [0, 0.05) is 40.2 Å². The molecule has 0 bridgehead atoms. The molecule has 0 fully saturated rings. The van der Waals surface area contributed by atoms with Gasteiger partial charge in [-0.15, -0.1) is 0 Å². The average Bonchev–Trinajstić information content (AvgIpc) is 3.05. The van der Waals surface area contributed by atoms with Gasteiger partial charge in [-0.2, -0.15) is 0 Å². The highest BCUT2D eigenvalue weighted by atomic mass is 14.9. The van der Waals surface area contributed by atoms with Gasteiger partial charge in [0.1, 0.15) is 0 Å². The van der Waals surface area contributed by atoms with Gasteiger partial charge in [0.25, 0.3) is 0 Å². The molecule has 6 rings (SSSR count). The van der Waals surface area contributed by atoms with Gasteiger partial charge in [0.05, 0.1) is 16.9 Å². The molecule has 3 nitrogen and oxygen atoms in total. The normalized spacial score (nSPS) is 19.0. The summed E-state index contributed by atoms with van der Waals surface area (Å²) in [7, 11) is 0. The van der Waals surface area contributed by atoms with Crippen molar-refractivity contribution in [3.63, 3.8) is 0 Å². The summed E-state index contributed by atoms with van der Waals surface area (Å²) in [5.74, 6) is 0.548. The highest BCUT2D eigenvalue weighted by Gasteiger charge is 2.23. The van der Waals surface area contributed by atoms with Crippen molar-refractivity contribution in [1.29, 1.82) is 0 Å². The number of fused-ring (bicyclic) bond motifs is 1. The molecule has 0 saturated heterocycles. The first kappa shape index (κ1) is 28.5. The standard InChI is InChI=1S/C37H31N3.C2H6/c1-4-5-12-27-13-8-17-32(26(27)3)35-22-30(29-19-20-34(39-24-29)31-16-7-6-11-25(31)2)23-36(40-35)33-18-9-14-28-15-10-21-38-37(28)33;1-2/h4-24,26-27,39H,1-2H2,3H3;1-2H3/b12-5-,34-31-;. The van der Waals surface area contributed by atoms with Crippen molar-refractivity contribution in [1.82, 2.24) is 15.3 Å². The van der Waals surface area contributed by atoms with Gasteiger partial charge in [-0.25, -0.2) is 4.98 Å². The number of benzene rings is 2. The molecule has 4 aromatic rings. The van der Waals surface area contributed by atoms with Gasteiger partial charge < -0.3 is 5.32 Å². The van der Waals surface area contributed by atoms with Crippen LogP contribution in [0.1, 0.15) is 32.0 Å². The van der Waals surface area contributed by atoms with E-state index in [0.717, 1.165) is 55.1 Å². The predicted octanol–water partition coefficient (Wildman–Crippen LogP) is 7.99. The molecule has 3 heteroatoms. The van der Waals surface area contributed by atoms with Crippen molar-refractivity contribution in [3.05, 3.63) is 156 Å². The zero-order valence-corrected chi connectivity index (χ0v) is 24.6. The fourth-order valence-corrected chi connectivity index (χ4v) is 5.42. The molecule has 3 heterocycles. The lowest BCUT2D eigenvalue weighted by atomic mass is 9.81. The fourth-order valence-electron chi connectivity index (χ4n) is 5.42. The number of hydrogen-bond acceptors (Lipinski definition) is 3. The Morgan fingerprint density at radius 1 is 0.929 bits per heavy atom. The van der Waals surface area contributed by atoms with E-state index in [1.807, 2.05) is 56.5 Å². The molecular weight excluding hydrogens is 510 g/mol. The third-order valence-corrected chi connectivity index (χ3v) is 7.63. The lowest BCUT2D eigenvalue weighted by Crippen LogP contribution is -2.29. The number of aromatic nitrogens is 2. The number of hydrogen-bond donors (Lipinski definition) is 1. The molecule has 2 atom stereocenters. The number of nitrogens with zero attached hydrogens (tertiary/aromatic N) is 2. The van der Waals surface area contributed by atoms with Crippen molar-refractivity contribution in [2.45, 2.75) is 20.8 Å². The molecule has 208 valence electrons. The van der Waals surface area contributed by atoms with Crippen LogP contribution in [0.15, 0.2) is 134 Å². The van der Waals surface area contributed by atoms with Crippen LogP contribution in [0.2, 0.25) is 0 Å². The van der Waals surface area contributed by atoms with Gasteiger partial charge in [0.15, 0.2) is 0 Å². The van der Waals surface area contributed by atoms with E-state index in [1.54, 1.807) is 0 Å². The number of dihydropyridines is 1. The molecule has 0 saturated carbocycles. The van der Waals surface area contributed by atoms with Crippen molar-refractivity contribution in [3.8, 4) is 11.3 Å². The summed E-state index contributed by atoms with van der Waals surface area (Å²) in [6.45, 7) is 14.3. The van der Waals surface area contributed by atoms with E-state index in [-0.39, 0.29) is 11.8 Å². The van der Waals surface area contributed by atoms with E-state index in [9.17, 15) is 0 Å². The maximum Gasteiger partial charge on any atom is 0.0795 e. The molecule has 0 radical (unpaired) electrons. The zero-order chi connectivity index (χ0) is 29.5. The largest absolute Gasteiger partial charge is 0.361 e. The van der Waals surface area contributed by atoms with Crippen LogP contribution < -0.4 is 15.8 Å². The number of pyridine rings is 2. The van der Waals surface area contributed by atoms with E-state index < -0.39 is 0 Å². The molecule has 2 aromatic carbocycles. The van der Waals surface area contributed by atoms with Gasteiger partial charge in [0.2, 0.25) is 0 Å². The van der Waals surface area contributed by atoms with Crippen LogP contribution in [-0.4, -0.2) is 9.97 Å². The predicted molar refractivity (Wildman–Crippen MR) is 180 cm³/mol. The minimum atomic E-state index is 0.268. The van der Waals surface area contributed by atoms with E-state index in [2.05, 4.69) is 111 Å². The second-order valence-corrected chi connectivity index (χ2v) is 10.1. The first-order chi connectivity index (χ1) is 20.6. The maximum atomic E-state index is 5.24. The third kappa shape index (κ3) is 5.87. The molecule has 1 aliphatic heterocycles. The van der Waals surface area contributed by atoms with Crippen LogP contribution in [-0.2, 0) is 0 Å². The summed E-state index contributed by atoms with van der Waals surface area (Å²) in [6.07, 6.45) is 20.8. The lowest BCUT2D eigenvalue weighted by molar-refractivity contribution is 0.621. The van der Waals surface area contributed by atoms with Crippen LogP contribution in [0.25, 0.3) is 45.6 Å². The van der Waals surface area contributed by atoms with Crippen LogP contribution in [0.5, 0.6) is 0 Å². The second kappa shape index (κ2) is 13.1. The minimum absolute atomic E-state index is 0.268. The first-order valence-electron chi connectivity index (χ1n) is 14.6. The molecule has 0 amide bonds. The van der Waals surface area contributed by atoms with Crippen LogP contribution in [0.4, 0.5) is 0 Å². The smallest absolute Gasteiger partial charge is 0.0795 e. The van der Waals surface area contributed by atoms with Crippen molar-refractivity contribution in [2.75, 3.05) is 0 Å². The van der Waals surface area contributed by atoms with Gasteiger partial charge in [-0.1, -0.05) is 125 Å². The quantitative estimate of drug-likeness (QED) is 0.257. The van der Waals surface area contributed by atoms with E-state index in [0.29, 0.717) is 0 Å². The number of allylic oxidation sites excluding steroid dienone is 9. The van der Waals surface area contributed by atoms with Crippen LogP contribution in [0.3, 0.4) is 0 Å². The van der Waals surface area contributed by atoms with Crippen LogP contribution >= 0.6 is 0 Å². The Bertz CT molecular complexity index is 1880.